The van der Waals surface area contributed by atoms with Gasteiger partial charge in [-0.15, -0.1) is 11.3 Å². The number of aromatic nitrogens is 6. The first-order chi connectivity index (χ1) is 12.1. The van der Waals surface area contributed by atoms with Crippen LogP contribution in [0, 0.1) is 0 Å². The zero-order valence-electron chi connectivity index (χ0n) is 13.4. The normalized spacial score (nSPS) is 13.9. The summed E-state index contributed by atoms with van der Waals surface area (Å²) in [5.74, 6) is 0.587. The maximum atomic E-state index is 6.32. The van der Waals surface area contributed by atoms with Crippen molar-refractivity contribution in [3.05, 3.63) is 41.8 Å². The summed E-state index contributed by atoms with van der Waals surface area (Å²) in [4.78, 5) is 13.5. The Bertz CT molecular complexity index is 994. The van der Waals surface area contributed by atoms with Crippen LogP contribution >= 0.6 is 11.3 Å². The minimum atomic E-state index is -0.394. The lowest BCUT2D eigenvalue weighted by atomic mass is 10.1. The molecule has 4 rings (SSSR count). The number of rotatable bonds is 4. The molecule has 0 radical (unpaired) electrons. The minimum absolute atomic E-state index is 0.235. The molecule has 5 N–H and O–H groups in total. The van der Waals surface area contributed by atoms with E-state index in [1.165, 1.54) is 11.3 Å². The van der Waals surface area contributed by atoms with Gasteiger partial charge in [-0.05, 0) is 19.1 Å². The fourth-order valence-corrected chi connectivity index (χ4v) is 3.60. The van der Waals surface area contributed by atoms with Crippen LogP contribution in [-0.2, 0) is 0 Å². The molecule has 2 unspecified atom stereocenters. The molecule has 4 aromatic rings. The number of hydrogen-bond acceptors (Lipinski definition) is 8. The van der Waals surface area contributed by atoms with E-state index in [1.54, 1.807) is 18.6 Å². The van der Waals surface area contributed by atoms with Gasteiger partial charge in [-0.1, -0.05) is 0 Å². The van der Waals surface area contributed by atoms with Crippen LogP contribution in [-0.4, -0.2) is 36.4 Å². The second-order valence-corrected chi connectivity index (χ2v) is 6.62. The molecule has 0 aliphatic carbocycles. The molecule has 0 fully saturated rings. The number of H-pyrrole nitrogens is 1. The molecule has 25 heavy (non-hydrogen) atoms. The fraction of sp³-hybridized carbons (Fsp3) is 0.188. The molecule has 0 aliphatic heterocycles. The SMILES string of the molecule is CC(N)C(N)c1nc(-c2ccncc2)nc2c(-c3cn[nH]n3)csc12. The predicted molar refractivity (Wildman–Crippen MR) is 96.6 cm³/mol. The highest BCUT2D eigenvalue weighted by Crippen LogP contribution is 2.36. The molecular formula is C16H16N8S. The van der Waals surface area contributed by atoms with Gasteiger partial charge in [-0.25, -0.2) is 9.97 Å². The van der Waals surface area contributed by atoms with Crippen molar-refractivity contribution in [3.63, 3.8) is 0 Å². The van der Waals surface area contributed by atoms with Crippen molar-refractivity contribution in [2.75, 3.05) is 0 Å². The van der Waals surface area contributed by atoms with Crippen LogP contribution in [0.4, 0.5) is 0 Å². The molecule has 2 atom stereocenters. The number of thiophene rings is 1. The molecule has 126 valence electrons. The third-order valence-corrected chi connectivity index (χ3v) is 4.94. The Labute approximate surface area is 147 Å². The largest absolute Gasteiger partial charge is 0.326 e. The molecule has 4 aromatic heterocycles. The molecule has 0 saturated carbocycles. The van der Waals surface area contributed by atoms with Crippen molar-refractivity contribution in [2.45, 2.75) is 19.0 Å². The summed E-state index contributed by atoms with van der Waals surface area (Å²) < 4.78 is 0.917. The van der Waals surface area contributed by atoms with Crippen molar-refractivity contribution < 1.29 is 0 Å². The van der Waals surface area contributed by atoms with Gasteiger partial charge in [0.2, 0.25) is 0 Å². The quantitative estimate of drug-likeness (QED) is 0.511. The van der Waals surface area contributed by atoms with Gasteiger partial charge in [-0.2, -0.15) is 15.4 Å². The molecule has 8 nitrogen and oxygen atoms in total. The van der Waals surface area contributed by atoms with E-state index >= 15 is 0 Å². The number of pyridine rings is 1. The summed E-state index contributed by atoms with van der Waals surface area (Å²) in [5.41, 5.74) is 16.4. The molecule has 9 heteroatoms. The van der Waals surface area contributed by atoms with Gasteiger partial charge in [0.25, 0.3) is 0 Å². The van der Waals surface area contributed by atoms with Gasteiger partial charge in [0.05, 0.1) is 28.1 Å². The summed E-state index contributed by atoms with van der Waals surface area (Å²) in [6.07, 6.45) is 5.08. The van der Waals surface area contributed by atoms with E-state index in [2.05, 4.69) is 20.4 Å². The van der Waals surface area contributed by atoms with Crippen molar-refractivity contribution in [1.82, 2.24) is 30.4 Å². The zero-order valence-corrected chi connectivity index (χ0v) is 14.2. The highest BCUT2D eigenvalue weighted by Gasteiger charge is 2.22. The molecule has 0 saturated heterocycles. The number of aromatic amines is 1. The zero-order chi connectivity index (χ0) is 17.4. The summed E-state index contributed by atoms with van der Waals surface area (Å²) in [5, 5.41) is 12.7. The summed E-state index contributed by atoms with van der Waals surface area (Å²) in [7, 11) is 0. The second-order valence-electron chi connectivity index (χ2n) is 5.74. The Balaban J connectivity index is 1.99. The fourth-order valence-electron chi connectivity index (χ4n) is 2.56. The summed E-state index contributed by atoms with van der Waals surface area (Å²) in [6.45, 7) is 1.87. The Morgan fingerprint density at radius 1 is 1.16 bits per heavy atom. The van der Waals surface area contributed by atoms with E-state index in [4.69, 9.17) is 21.4 Å². The summed E-state index contributed by atoms with van der Waals surface area (Å²) >= 11 is 1.53. The van der Waals surface area contributed by atoms with Gasteiger partial charge in [0.1, 0.15) is 5.69 Å². The third kappa shape index (κ3) is 2.78. The minimum Gasteiger partial charge on any atom is -0.326 e. The topological polar surface area (TPSA) is 132 Å². The number of nitrogens with one attached hydrogen (secondary N) is 1. The molecule has 4 heterocycles. The Morgan fingerprint density at radius 2 is 1.96 bits per heavy atom. The Kier molecular flexibility index (Phi) is 3.96. The van der Waals surface area contributed by atoms with Crippen molar-refractivity contribution in [2.24, 2.45) is 11.5 Å². The smallest absolute Gasteiger partial charge is 0.160 e. The highest BCUT2D eigenvalue weighted by molar-refractivity contribution is 7.17. The van der Waals surface area contributed by atoms with E-state index < -0.39 is 6.04 Å². The lowest BCUT2D eigenvalue weighted by molar-refractivity contribution is 0.579. The molecular weight excluding hydrogens is 336 g/mol. The van der Waals surface area contributed by atoms with Crippen molar-refractivity contribution in [3.8, 4) is 22.6 Å². The van der Waals surface area contributed by atoms with Crippen molar-refractivity contribution in [1.29, 1.82) is 0 Å². The standard InChI is InChI=1S/C16H16N8S/c1-8(17)12(18)14-15-13(10(7-25-15)11-6-20-24-23-11)21-16(22-14)9-2-4-19-5-3-9/h2-8,12H,17-18H2,1H3,(H,20,23,24). The van der Waals surface area contributed by atoms with E-state index in [9.17, 15) is 0 Å². The number of nitrogens with two attached hydrogens (primary N) is 2. The number of hydrogen-bond donors (Lipinski definition) is 3. The maximum Gasteiger partial charge on any atom is 0.160 e. The first-order valence-electron chi connectivity index (χ1n) is 7.72. The number of fused-ring (bicyclic) bond motifs is 1. The van der Waals surface area contributed by atoms with Gasteiger partial charge in [0.15, 0.2) is 5.82 Å². The van der Waals surface area contributed by atoms with E-state index in [-0.39, 0.29) is 6.04 Å². The van der Waals surface area contributed by atoms with Crippen LogP contribution in [0.5, 0.6) is 0 Å². The van der Waals surface area contributed by atoms with Gasteiger partial charge < -0.3 is 11.5 Å². The predicted octanol–water partition coefficient (Wildman–Crippen LogP) is 1.89. The van der Waals surface area contributed by atoms with Gasteiger partial charge in [0, 0.05) is 34.9 Å². The van der Waals surface area contributed by atoms with Crippen molar-refractivity contribution >= 4 is 21.6 Å². The molecule has 0 amide bonds. The average molecular weight is 352 g/mol. The second kappa shape index (κ2) is 6.28. The maximum absolute atomic E-state index is 6.32. The molecule has 0 aromatic carbocycles. The summed E-state index contributed by atoms with van der Waals surface area (Å²) in [6, 6.07) is 3.10. The van der Waals surface area contributed by atoms with Crippen LogP contribution < -0.4 is 11.5 Å². The van der Waals surface area contributed by atoms with Gasteiger partial charge in [-0.3, -0.25) is 4.98 Å². The van der Waals surface area contributed by atoms with Crippen LogP contribution in [0.1, 0.15) is 18.7 Å². The molecule has 0 aliphatic rings. The Hall–Kier alpha value is -2.75. The van der Waals surface area contributed by atoms with E-state index in [1.807, 2.05) is 24.4 Å². The van der Waals surface area contributed by atoms with Crippen LogP contribution in [0.25, 0.3) is 32.9 Å². The third-order valence-electron chi connectivity index (χ3n) is 3.95. The average Bonchev–Trinajstić information content (AvgIpc) is 3.30. The van der Waals surface area contributed by atoms with Crippen LogP contribution in [0.3, 0.4) is 0 Å². The Morgan fingerprint density at radius 3 is 2.64 bits per heavy atom. The van der Waals surface area contributed by atoms with Crippen LogP contribution in [0.15, 0.2) is 36.1 Å². The van der Waals surface area contributed by atoms with E-state index in [0.717, 1.165) is 32.7 Å². The first kappa shape index (κ1) is 15.8. The lowest BCUT2D eigenvalue weighted by Gasteiger charge is -2.16. The monoisotopic (exact) mass is 352 g/mol. The number of nitrogens with zero attached hydrogens (tertiary/aromatic N) is 5. The van der Waals surface area contributed by atoms with E-state index in [0.29, 0.717) is 5.82 Å². The first-order valence-corrected chi connectivity index (χ1v) is 8.60. The van der Waals surface area contributed by atoms with Crippen LogP contribution in [0.2, 0.25) is 0 Å². The highest BCUT2D eigenvalue weighted by atomic mass is 32.1. The molecule has 0 bridgehead atoms. The molecule has 0 spiro atoms. The van der Waals surface area contributed by atoms with Gasteiger partial charge >= 0.3 is 0 Å². The lowest BCUT2D eigenvalue weighted by Crippen LogP contribution is -2.32.